The summed E-state index contributed by atoms with van der Waals surface area (Å²) in [7, 11) is 0. The highest BCUT2D eigenvalue weighted by molar-refractivity contribution is 6.33. The normalized spacial score (nSPS) is 19.6. The first kappa shape index (κ1) is 35.9. The molecule has 6 aromatic rings. The number of imidazole rings is 1. The molecule has 0 aliphatic carbocycles. The predicted octanol–water partition coefficient (Wildman–Crippen LogP) is 6.30. The Hall–Kier alpha value is -6.44. The molecule has 4 aromatic carbocycles. The van der Waals surface area contributed by atoms with E-state index in [1.54, 1.807) is 121 Å². The van der Waals surface area contributed by atoms with E-state index in [1.807, 2.05) is 0 Å². The summed E-state index contributed by atoms with van der Waals surface area (Å²) in [6.45, 7) is -0.488. The van der Waals surface area contributed by atoms with Gasteiger partial charge in [0.25, 0.3) is 0 Å². The molecule has 0 amide bonds. The molecule has 272 valence electrons. The molecule has 0 bridgehead atoms. The largest absolute Gasteiger partial charge is 0.459 e. The summed E-state index contributed by atoms with van der Waals surface area (Å²) < 4.78 is 32.3. The van der Waals surface area contributed by atoms with Crippen molar-refractivity contribution >= 4 is 46.6 Å². The Morgan fingerprint density at radius 1 is 0.630 bits per heavy atom. The lowest BCUT2D eigenvalue weighted by atomic mass is 10.0. The van der Waals surface area contributed by atoms with Crippen molar-refractivity contribution < 1.29 is 42.9 Å². The van der Waals surface area contributed by atoms with Crippen LogP contribution < -0.4 is 0 Å². The first-order chi connectivity index (χ1) is 26.4. The highest BCUT2D eigenvalue weighted by Crippen LogP contribution is 2.36. The molecule has 14 heteroatoms. The Balaban J connectivity index is 1.34. The summed E-state index contributed by atoms with van der Waals surface area (Å²) in [5.41, 5.74) is 1.35. The molecule has 13 nitrogen and oxygen atoms in total. The molecule has 0 radical (unpaired) electrons. The van der Waals surface area contributed by atoms with Gasteiger partial charge in [-0.2, -0.15) is 0 Å². The van der Waals surface area contributed by atoms with Crippen molar-refractivity contribution in [3.63, 3.8) is 0 Å². The fraction of sp³-hybridized carbons (Fsp3) is 0.175. The van der Waals surface area contributed by atoms with Gasteiger partial charge in [-0.05, 0) is 48.5 Å². The molecular weight excluding hydrogens is 716 g/mol. The predicted molar refractivity (Wildman–Crippen MR) is 193 cm³/mol. The van der Waals surface area contributed by atoms with Gasteiger partial charge < -0.3 is 23.7 Å². The van der Waals surface area contributed by atoms with Crippen LogP contribution in [0.25, 0.3) is 11.2 Å². The van der Waals surface area contributed by atoms with Gasteiger partial charge in [-0.15, -0.1) is 0 Å². The zero-order chi connectivity index (χ0) is 37.4. The second kappa shape index (κ2) is 16.5. The lowest BCUT2D eigenvalue weighted by Gasteiger charge is -2.30. The minimum absolute atomic E-state index is 0.0582. The molecular formula is C40H31ClN4O9. The Morgan fingerprint density at radius 2 is 1.11 bits per heavy atom. The summed E-state index contributed by atoms with van der Waals surface area (Å²) in [5.74, 6) is -2.93. The number of carbonyl (C=O) groups is 4. The summed E-state index contributed by atoms with van der Waals surface area (Å²) in [6.07, 6.45) is -4.21. The number of carbonyl (C=O) groups excluding carboxylic acids is 4. The number of fused-ring (bicyclic) bond motifs is 1. The van der Waals surface area contributed by atoms with E-state index in [2.05, 4.69) is 15.0 Å². The number of nitrogens with zero attached hydrogens (tertiary/aromatic N) is 4. The van der Waals surface area contributed by atoms with Crippen LogP contribution >= 0.6 is 11.6 Å². The van der Waals surface area contributed by atoms with Crippen molar-refractivity contribution in [2.24, 2.45) is 0 Å². The standard InChI is InChI=1S/C40H31ClN4O9/c41-34-32-35(43-23-42-34)45(24-44-32)36-30(53-39(48)27-17-9-3-10-18-27)21-29(52-38(47)26-15-7-2-8-16-26)33(54-40(49)28-19-11-4-12-20-28)31(51-36)22-50-37(46)25-13-5-1-6-14-25/h1-20,23-24,29-31,33,36H,21-22H2/t29-,30-,31-,33+,36-/m1/s1. The van der Waals surface area contributed by atoms with E-state index >= 15 is 0 Å². The zero-order valence-corrected chi connectivity index (χ0v) is 29.1. The molecule has 1 fully saturated rings. The van der Waals surface area contributed by atoms with E-state index in [-0.39, 0.29) is 45.0 Å². The van der Waals surface area contributed by atoms with Crippen molar-refractivity contribution in [2.45, 2.75) is 37.1 Å². The molecule has 0 unspecified atom stereocenters. The van der Waals surface area contributed by atoms with Crippen LogP contribution in [-0.2, 0) is 23.7 Å². The monoisotopic (exact) mass is 746 g/mol. The van der Waals surface area contributed by atoms with Crippen LogP contribution in [0.2, 0.25) is 5.15 Å². The summed E-state index contributed by atoms with van der Waals surface area (Å²) in [5, 5.41) is 0.0582. The minimum Gasteiger partial charge on any atom is -0.459 e. The molecule has 1 aliphatic heterocycles. The number of ether oxygens (including phenoxy) is 5. The minimum atomic E-state index is -1.41. The van der Waals surface area contributed by atoms with Crippen LogP contribution in [0, 0.1) is 0 Å². The number of aromatic nitrogens is 4. The van der Waals surface area contributed by atoms with Crippen molar-refractivity contribution in [3.8, 4) is 0 Å². The van der Waals surface area contributed by atoms with E-state index in [9.17, 15) is 19.2 Å². The summed E-state index contributed by atoms with van der Waals surface area (Å²) in [6, 6.07) is 33.0. The van der Waals surface area contributed by atoms with Crippen molar-refractivity contribution in [2.75, 3.05) is 6.61 Å². The maximum Gasteiger partial charge on any atom is 0.338 e. The number of hydrogen-bond donors (Lipinski definition) is 0. The molecule has 0 N–H and O–H groups in total. The van der Waals surface area contributed by atoms with Gasteiger partial charge in [0.15, 0.2) is 29.2 Å². The SMILES string of the molecule is O=C(OC[C@H]1O[C@@H](n2cnc3c(Cl)ncnc32)[C@H](OC(=O)c2ccccc2)C[C@@H](OC(=O)c2ccccc2)[C@@H]1OC(=O)c1ccccc1)c1ccccc1. The average Bonchev–Trinajstić information content (AvgIpc) is 3.60. The van der Waals surface area contributed by atoms with E-state index < -0.39 is 61.1 Å². The Bertz CT molecular complexity index is 2240. The van der Waals surface area contributed by atoms with Crippen LogP contribution in [0.3, 0.4) is 0 Å². The van der Waals surface area contributed by atoms with Gasteiger partial charge in [-0.1, -0.05) is 84.4 Å². The Morgan fingerprint density at radius 3 is 1.65 bits per heavy atom. The molecule has 54 heavy (non-hydrogen) atoms. The molecule has 0 spiro atoms. The van der Waals surface area contributed by atoms with Gasteiger partial charge >= 0.3 is 23.9 Å². The lowest BCUT2D eigenvalue weighted by Crippen LogP contribution is -2.46. The van der Waals surface area contributed by atoms with Crippen molar-refractivity contribution in [1.82, 2.24) is 19.5 Å². The highest BCUT2D eigenvalue weighted by atomic mass is 35.5. The first-order valence-electron chi connectivity index (χ1n) is 16.8. The zero-order valence-electron chi connectivity index (χ0n) is 28.3. The fourth-order valence-corrected chi connectivity index (χ4v) is 6.14. The van der Waals surface area contributed by atoms with Crippen molar-refractivity contribution in [3.05, 3.63) is 161 Å². The van der Waals surface area contributed by atoms with Crippen LogP contribution in [0.1, 0.15) is 54.1 Å². The van der Waals surface area contributed by atoms with Gasteiger partial charge in [0.1, 0.15) is 30.7 Å². The highest BCUT2D eigenvalue weighted by Gasteiger charge is 2.48. The fourth-order valence-electron chi connectivity index (χ4n) is 5.97. The molecule has 1 aliphatic rings. The van der Waals surface area contributed by atoms with E-state index in [0.717, 1.165) is 0 Å². The van der Waals surface area contributed by atoms with E-state index in [0.29, 0.717) is 0 Å². The lowest BCUT2D eigenvalue weighted by molar-refractivity contribution is -0.150. The smallest absolute Gasteiger partial charge is 0.338 e. The number of esters is 4. The van der Waals surface area contributed by atoms with E-state index in [4.69, 9.17) is 35.3 Å². The third kappa shape index (κ3) is 8.12. The summed E-state index contributed by atoms with van der Waals surface area (Å²) in [4.78, 5) is 67.2. The number of halogens is 1. The Labute approximate surface area is 313 Å². The average molecular weight is 747 g/mol. The third-order valence-corrected chi connectivity index (χ3v) is 8.87. The maximum atomic E-state index is 13.7. The Kier molecular flexibility index (Phi) is 11.0. The van der Waals surface area contributed by atoms with Crippen LogP contribution in [0.15, 0.2) is 134 Å². The quantitative estimate of drug-likeness (QED) is 0.0877. The topological polar surface area (TPSA) is 158 Å². The third-order valence-electron chi connectivity index (χ3n) is 8.59. The summed E-state index contributed by atoms with van der Waals surface area (Å²) >= 11 is 6.37. The van der Waals surface area contributed by atoms with Gasteiger partial charge in [-0.25, -0.2) is 34.1 Å². The van der Waals surface area contributed by atoms with Gasteiger partial charge in [0.05, 0.1) is 28.6 Å². The van der Waals surface area contributed by atoms with Crippen LogP contribution in [0.4, 0.5) is 0 Å². The van der Waals surface area contributed by atoms with Gasteiger partial charge in [0, 0.05) is 6.42 Å². The maximum absolute atomic E-state index is 13.7. The molecule has 1 saturated heterocycles. The molecule has 0 saturated carbocycles. The molecule has 5 atom stereocenters. The van der Waals surface area contributed by atoms with Gasteiger partial charge in [0.2, 0.25) is 0 Å². The number of hydrogen-bond acceptors (Lipinski definition) is 12. The second-order valence-corrected chi connectivity index (χ2v) is 12.5. The van der Waals surface area contributed by atoms with Gasteiger partial charge in [-0.3, -0.25) is 4.57 Å². The van der Waals surface area contributed by atoms with Crippen LogP contribution in [0.5, 0.6) is 0 Å². The molecule has 2 aromatic heterocycles. The second-order valence-electron chi connectivity index (χ2n) is 12.1. The molecule has 7 rings (SSSR count). The number of benzene rings is 4. The number of rotatable bonds is 10. The first-order valence-corrected chi connectivity index (χ1v) is 17.2. The van der Waals surface area contributed by atoms with Crippen LogP contribution in [-0.4, -0.2) is 74.4 Å². The van der Waals surface area contributed by atoms with E-state index in [1.165, 1.54) is 17.2 Å². The molecule has 3 heterocycles. The van der Waals surface area contributed by atoms with Crippen molar-refractivity contribution in [1.29, 1.82) is 0 Å².